The van der Waals surface area contributed by atoms with E-state index in [1.54, 1.807) is 30.3 Å². The van der Waals surface area contributed by atoms with Crippen LogP contribution >= 0.6 is 0 Å². The van der Waals surface area contributed by atoms with Gasteiger partial charge in [-0.15, -0.1) is 0 Å². The molecular weight excluding hydrogens is 351 g/mol. The number of nitrogens with zero attached hydrogens (tertiary/aromatic N) is 1. The summed E-state index contributed by atoms with van der Waals surface area (Å²) in [4.78, 5) is 37.2. The van der Waals surface area contributed by atoms with Gasteiger partial charge in [0.25, 0.3) is 5.91 Å². The zero-order valence-corrected chi connectivity index (χ0v) is 14.5. The molecule has 3 rings (SSSR count). The van der Waals surface area contributed by atoms with Gasteiger partial charge in [-0.25, -0.2) is 4.39 Å². The van der Waals surface area contributed by atoms with Gasteiger partial charge in [-0.3, -0.25) is 14.4 Å². The number of amides is 2. The predicted octanol–water partition coefficient (Wildman–Crippen LogP) is 2.90. The van der Waals surface area contributed by atoms with Gasteiger partial charge >= 0.3 is 5.97 Å². The molecule has 1 aliphatic rings. The van der Waals surface area contributed by atoms with Crippen LogP contribution in [0.4, 0.5) is 10.1 Å². The van der Waals surface area contributed by atoms with Crippen LogP contribution < -0.4 is 10.2 Å². The summed E-state index contributed by atoms with van der Waals surface area (Å²) in [5.41, 5.74) is 0.844. The standard InChI is InChI=1S/C20H19FN2O4/c21-16-9-8-14(23-10-4-7-18(23)24)11-15(16)20(27)22-17(12-19(25)26)13-5-2-1-3-6-13/h1-3,5-6,8-9,11,17H,4,7,10,12H2,(H,22,27)(H,25,26)/t17-/m0/s1. The Morgan fingerprint density at radius 1 is 1.19 bits per heavy atom. The van der Waals surface area contributed by atoms with Gasteiger partial charge in [-0.05, 0) is 30.2 Å². The lowest BCUT2D eigenvalue weighted by Gasteiger charge is -2.19. The Hall–Kier alpha value is -3.22. The monoisotopic (exact) mass is 370 g/mol. The third kappa shape index (κ3) is 4.31. The lowest BCUT2D eigenvalue weighted by Crippen LogP contribution is -2.31. The average Bonchev–Trinajstić information content (AvgIpc) is 3.08. The molecule has 6 nitrogen and oxygen atoms in total. The quantitative estimate of drug-likeness (QED) is 0.819. The van der Waals surface area contributed by atoms with Crippen LogP contribution in [0.3, 0.4) is 0 Å². The van der Waals surface area contributed by atoms with E-state index in [0.29, 0.717) is 30.6 Å². The summed E-state index contributed by atoms with van der Waals surface area (Å²) in [6.07, 6.45) is 0.807. The number of anilines is 1. The number of carbonyl (C=O) groups excluding carboxylic acids is 2. The summed E-state index contributed by atoms with van der Waals surface area (Å²) in [6.45, 7) is 0.525. The van der Waals surface area contributed by atoms with Gasteiger partial charge < -0.3 is 15.3 Å². The second-order valence-electron chi connectivity index (χ2n) is 6.35. The molecule has 0 aliphatic carbocycles. The van der Waals surface area contributed by atoms with Gasteiger partial charge in [0.2, 0.25) is 5.91 Å². The minimum absolute atomic E-state index is 0.0685. The second kappa shape index (κ2) is 7.99. The highest BCUT2D eigenvalue weighted by atomic mass is 19.1. The van der Waals surface area contributed by atoms with E-state index in [0.717, 1.165) is 6.07 Å². The van der Waals surface area contributed by atoms with Crippen molar-refractivity contribution in [2.45, 2.75) is 25.3 Å². The number of hydrogen-bond acceptors (Lipinski definition) is 3. The third-order valence-corrected chi connectivity index (χ3v) is 4.47. The smallest absolute Gasteiger partial charge is 0.305 e. The molecule has 0 spiro atoms. The molecule has 27 heavy (non-hydrogen) atoms. The third-order valence-electron chi connectivity index (χ3n) is 4.47. The summed E-state index contributed by atoms with van der Waals surface area (Å²) < 4.78 is 14.2. The van der Waals surface area contributed by atoms with Gasteiger partial charge in [0.15, 0.2) is 0 Å². The number of carboxylic acid groups (broad SMARTS) is 1. The lowest BCUT2D eigenvalue weighted by molar-refractivity contribution is -0.137. The Balaban J connectivity index is 1.85. The van der Waals surface area contributed by atoms with E-state index in [1.807, 2.05) is 0 Å². The van der Waals surface area contributed by atoms with Gasteiger partial charge in [-0.1, -0.05) is 30.3 Å². The Morgan fingerprint density at radius 2 is 1.93 bits per heavy atom. The first kappa shape index (κ1) is 18.6. The number of carbonyl (C=O) groups is 3. The minimum Gasteiger partial charge on any atom is -0.481 e. The Labute approximate surface area is 155 Å². The molecular formula is C20H19FN2O4. The van der Waals surface area contributed by atoms with E-state index in [9.17, 15) is 18.8 Å². The van der Waals surface area contributed by atoms with Crippen molar-refractivity contribution in [3.05, 3.63) is 65.5 Å². The van der Waals surface area contributed by atoms with Crippen LogP contribution in [-0.2, 0) is 9.59 Å². The first-order valence-corrected chi connectivity index (χ1v) is 8.63. The highest BCUT2D eigenvalue weighted by molar-refractivity contribution is 5.99. The van der Waals surface area contributed by atoms with Gasteiger partial charge in [0, 0.05) is 18.7 Å². The van der Waals surface area contributed by atoms with Crippen molar-refractivity contribution in [2.24, 2.45) is 0 Å². The number of rotatable bonds is 6. The van der Waals surface area contributed by atoms with Crippen LogP contribution in [-0.4, -0.2) is 29.4 Å². The van der Waals surface area contributed by atoms with Crippen molar-refractivity contribution < 1.29 is 23.9 Å². The van der Waals surface area contributed by atoms with E-state index in [4.69, 9.17) is 5.11 Å². The second-order valence-corrected chi connectivity index (χ2v) is 6.35. The maximum Gasteiger partial charge on any atom is 0.305 e. The SMILES string of the molecule is O=C(O)C[C@H](NC(=O)c1cc(N2CCCC2=O)ccc1F)c1ccccc1. The fraction of sp³-hybridized carbons (Fsp3) is 0.250. The molecule has 140 valence electrons. The molecule has 1 fully saturated rings. The first-order chi connectivity index (χ1) is 13.0. The lowest BCUT2D eigenvalue weighted by atomic mass is 10.0. The molecule has 2 N–H and O–H groups in total. The summed E-state index contributed by atoms with van der Waals surface area (Å²) >= 11 is 0. The molecule has 2 aromatic carbocycles. The minimum atomic E-state index is -1.08. The van der Waals surface area contributed by atoms with Crippen LogP contribution in [0.5, 0.6) is 0 Å². The fourth-order valence-corrected chi connectivity index (χ4v) is 3.12. The number of benzene rings is 2. The predicted molar refractivity (Wildman–Crippen MR) is 96.9 cm³/mol. The van der Waals surface area contributed by atoms with Gasteiger partial charge in [0.1, 0.15) is 5.82 Å². The average molecular weight is 370 g/mol. The number of nitrogens with one attached hydrogen (secondary N) is 1. The van der Waals surface area contributed by atoms with Crippen LogP contribution in [0.2, 0.25) is 0 Å². The van der Waals surface area contributed by atoms with Crippen molar-refractivity contribution in [1.29, 1.82) is 0 Å². The van der Waals surface area contributed by atoms with Gasteiger partial charge in [0.05, 0.1) is 18.0 Å². The number of halogens is 1. The maximum absolute atomic E-state index is 14.2. The van der Waals surface area contributed by atoms with Gasteiger partial charge in [-0.2, -0.15) is 0 Å². The molecule has 1 saturated heterocycles. The van der Waals surface area contributed by atoms with Crippen molar-refractivity contribution in [3.8, 4) is 0 Å². The zero-order valence-electron chi connectivity index (χ0n) is 14.5. The van der Waals surface area contributed by atoms with Crippen molar-refractivity contribution in [1.82, 2.24) is 5.32 Å². The van der Waals surface area contributed by atoms with E-state index in [1.165, 1.54) is 17.0 Å². The normalized spacial score (nSPS) is 14.9. The summed E-state index contributed by atoms with van der Waals surface area (Å²) in [7, 11) is 0. The van der Waals surface area contributed by atoms with Crippen molar-refractivity contribution in [3.63, 3.8) is 0 Å². The Bertz CT molecular complexity index is 870. The van der Waals surface area contributed by atoms with E-state index >= 15 is 0 Å². The molecule has 7 heteroatoms. The molecule has 2 aromatic rings. The number of aliphatic carboxylic acids is 1. The molecule has 0 unspecified atom stereocenters. The van der Waals surface area contributed by atoms with Crippen LogP contribution in [0.25, 0.3) is 0 Å². The van der Waals surface area contributed by atoms with E-state index < -0.39 is 23.7 Å². The largest absolute Gasteiger partial charge is 0.481 e. The summed E-state index contributed by atoms with van der Waals surface area (Å²) in [5.74, 6) is -2.61. The Morgan fingerprint density at radius 3 is 2.56 bits per heavy atom. The van der Waals surface area contributed by atoms with Crippen LogP contribution in [0.1, 0.15) is 41.2 Å². The number of carboxylic acids is 1. The van der Waals surface area contributed by atoms with E-state index in [-0.39, 0.29) is 17.9 Å². The summed E-state index contributed by atoms with van der Waals surface area (Å²) in [5, 5.41) is 11.7. The van der Waals surface area contributed by atoms with Crippen molar-refractivity contribution >= 4 is 23.5 Å². The van der Waals surface area contributed by atoms with E-state index in [2.05, 4.69) is 5.32 Å². The fourth-order valence-electron chi connectivity index (χ4n) is 3.12. The molecule has 1 heterocycles. The molecule has 0 bridgehead atoms. The first-order valence-electron chi connectivity index (χ1n) is 8.63. The van der Waals surface area contributed by atoms with Crippen molar-refractivity contribution in [2.75, 3.05) is 11.4 Å². The molecule has 1 aliphatic heterocycles. The molecule has 1 atom stereocenters. The highest BCUT2D eigenvalue weighted by Crippen LogP contribution is 2.25. The molecule has 0 radical (unpaired) electrons. The molecule has 0 aromatic heterocycles. The molecule has 0 saturated carbocycles. The Kier molecular flexibility index (Phi) is 5.49. The topological polar surface area (TPSA) is 86.7 Å². The maximum atomic E-state index is 14.2. The molecule has 2 amide bonds. The van der Waals surface area contributed by atoms with Crippen LogP contribution in [0.15, 0.2) is 48.5 Å². The van der Waals surface area contributed by atoms with Crippen LogP contribution in [0, 0.1) is 5.82 Å². The number of hydrogen-bond donors (Lipinski definition) is 2. The summed E-state index contributed by atoms with van der Waals surface area (Å²) in [6, 6.07) is 11.8. The highest BCUT2D eigenvalue weighted by Gasteiger charge is 2.25. The zero-order chi connectivity index (χ0) is 19.4.